The van der Waals surface area contributed by atoms with Crippen LogP contribution in [0, 0.1) is 6.92 Å². The number of hydrogen-bond acceptors (Lipinski definition) is 5. The number of carboxylic acids is 1. The van der Waals surface area contributed by atoms with Crippen LogP contribution in [0.5, 0.6) is 5.75 Å². The lowest BCUT2D eigenvalue weighted by atomic mass is 10.2. The highest BCUT2D eigenvalue weighted by Gasteiger charge is 2.16. The summed E-state index contributed by atoms with van der Waals surface area (Å²) in [5.41, 5.74) is 0.676. The first-order valence-corrected chi connectivity index (χ1v) is 8.97. The van der Waals surface area contributed by atoms with Gasteiger partial charge < -0.3 is 9.99 Å². The van der Waals surface area contributed by atoms with Crippen molar-refractivity contribution >= 4 is 15.8 Å². The molecule has 128 valence electrons. The van der Waals surface area contributed by atoms with E-state index in [1.165, 1.54) is 12.1 Å². The maximum Gasteiger partial charge on any atom is 0.339 e. The number of sulfone groups is 1. The van der Waals surface area contributed by atoms with Crippen LogP contribution in [-0.4, -0.2) is 31.9 Å². The fraction of sp³-hybridized carbons (Fsp3) is 0.235. The molecule has 24 heavy (non-hydrogen) atoms. The van der Waals surface area contributed by atoms with Gasteiger partial charge in [0.1, 0.15) is 5.56 Å². The highest BCUT2D eigenvalue weighted by molar-refractivity contribution is 7.91. The van der Waals surface area contributed by atoms with Gasteiger partial charge in [0.05, 0.1) is 17.3 Å². The summed E-state index contributed by atoms with van der Waals surface area (Å²) in [5, 5.41) is 9.01. The quantitative estimate of drug-likeness (QED) is 0.447. The first-order valence-electron chi connectivity index (χ1n) is 7.32. The van der Waals surface area contributed by atoms with Crippen molar-refractivity contribution in [1.82, 2.24) is 0 Å². The summed E-state index contributed by atoms with van der Waals surface area (Å²) in [6, 6.07) is 12.8. The van der Waals surface area contributed by atoms with Gasteiger partial charge in [-0.1, -0.05) is 30.3 Å². The molecule has 1 N–H and O–H groups in total. The van der Waals surface area contributed by atoms with Gasteiger partial charge in [-0.05, 0) is 37.1 Å². The minimum Gasteiger partial charge on any atom is -0.478 e. The summed E-state index contributed by atoms with van der Waals surface area (Å²) in [7, 11) is -3.39. The molecule has 0 bridgehead atoms. The molecule has 2 rings (SSSR count). The van der Waals surface area contributed by atoms with Crippen LogP contribution in [0.4, 0.5) is 0 Å². The Labute approximate surface area is 140 Å². The highest BCUT2D eigenvalue weighted by atomic mass is 32.2. The average molecular weight is 350 g/mol. The average Bonchev–Trinajstić information content (AvgIpc) is 2.55. The van der Waals surface area contributed by atoms with Crippen molar-refractivity contribution in [1.29, 1.82) is 0 Å². The van der Waals surface area contributed by atoms with E-state index in [-0.39, 0.29) is 30.1 Å². The summed E-state index contributed by atoms with van der Waals surface area (Å²) in [6.45, 7) is 1.77. The molecule has 0 radical (unpaired) electrons. The molecule has 0 aromatic heterocycles. The van der Waals surface area contributed by atoms with Crippen molar-refractivity contribution in [3.8, 4) is 5.75 Å². The van der Waals surface area contributed by atoms with E-state index in [2.05, 4.69) is 0 Å². The number of rotatable bonds is 8. The third kappa shape index (κ3) is 4.56. The van der Waals surface area contributed by atoms with E-state index in [4.69, 9.17) is 14.9 Å². The number of carbonyl (C=O) groups is 1. The van der Waals surface area contributed by atoms with Crippen LogP contribution in [0.25, 0.3) is 0 Å². The van der Waals surface area contributed by atoms with Crippen LogP contribution in [0.15, 0.2) is 53.4 Å². The molecule has 0 fully saturated rings. The van der Waals surface area contributed by atoms with Crippen LogP contribution in [-0.2, 0) is 14.7 Å². The zero-order valence-corrected chi connectivity index (χ0v) is 14.0. The van der Waals surface area contributed by atoms with Gasteiger partial charge in [-0.2, -0.15) is 4.89 Å². The minimum atomic E-state index is -3.39. The smallest absolute Gasteiger partial charge is 0.339 e. The Balaban J connectivity index is 1.86. The van der Waals surface area contributed by atoms with Crippen molar-refractivity contribution in [3.63, 3.8) is 0 Å². The maximum atomic E-state index is 12.3. The topological polar surface area (TPSA) is 89.9 Å². The number of carboxylic acid groups (broad SMARTS) is 1. The standard InChI is InChI=1S/C17H18O6S/c1-13-7-2-5-10-16(13)24(20,21)12-6-11-22-23-15-9-4-3-8-14(15)17(18)19/h2-5,7-10H,6,11-12H2,1H3,(H,18,19). The van der Waals surface area contributed by atoms with Gasteiger partial charge in [0.25, 0.3) is 0 Å². The number of para-hydroxylation sites is 1. The lowest BCUT2D eigenvalue weighted by molar-refractivity contribution is -0.206. The second-order valence-electron chi connectivity index (χ2n) is 5.14. The second-order valence-corrected chi connectivity index (χ2v) is 7.22. The van der Waals surface area contributed by atoms with Gasteiger partial charge >= 0.3 is 5.97 Å². The number of benzene rings is 2. The van der Waals surface area contributed by atoms with Crippen molar-refractivity contribution in [2.24, 2.45) is 0 Å². The fourth-order valence-corrected chi connectivity index (χ4v) is 3.71. The maximum absolute atomic E-state index is 12.3. The molecule has 0 saturated heterocycles. The second kappa shape index (κ2) is 7.94. The molecule has 0 aliphatic carbocycles. The van der Waals surface area contributed by atoms with Gasteiger partial charge in [0.2, 0.25) is 0 Å². The van der Waals surface area contributed by atoms with Crippen LogP contribution in [0.1, 0.15) is 22.3 Å². The summed E-state index contributed by atoms with van der Waals surface area (Å²) in [4.78, 5) is 21.2. The molecule has 0 aliphatic rings. The molecule has 0 spiro atoms. The van der Waals surface area contributed by atoms with Crippen LogP contribution >= 0.6 is 0 Å². The van der Waals surface area contributed by atoms with Gasteiger partial charge in [0.15, 0.2) is 15.6 Å². The molecule has 6 nitrogen and oxygen atoms in total. The number of aryl methyl sites for hydroxylation is 1. The lowest BCUT2D eigenvalue weighted by Gasteiger charge is -2.09. The Kier molecular flexibility index (Phi) is 5.94. The van der Waals surface area contributed by atoms with E-state index < -0.39 is 15.8 Å². The molecular weight excluding hydrogens is 332 g/mol. The largest absolute Gasteiger partial charge is 0.478 e. The third-order valence-corrected chi connectivity index (χ3v) is 5.29. The summed E-state index contributed by atoms with van der Waals surface area (Å²) in [6.07, 6.45) is 0.228. The normalized spacial score (nSPS) is 11.2. The lowest BCUT2D eigenvalue weighted by Crippen LogP contribution is -2.12. The monoisotopic (exact) mass is 350 g/mol. The van der Waals surface area contributed by atoms with Crippen molar-refractivity contribution < 1.29 is 28.1 Å². The van der Waals surface area contributed by atoms with Gasteiger partial charge in [-0.25, -0.2) is 13.2 Å². The van der Waals surface area contributed by atoms with E-state index in [0.717, 1.165) is 0 Å². The predicted molar refractivity (Wildman–Crippen MR) is 87.8 cm³/mol. The van der Waals surface area contributed by atoms with Gasteiger partial charge in [0, 0.05) is 0 Å². The van der Waals surface area contributed by atoms with Crippen molar-refractivity contribution in [2.45, 2.75) is 18.2 Å². The first kappa shape index (κ1) is 18.0. The molecule has 2 aromatic carbocycles. The Hall–Kier alpha value is -2.38. The first-order chi connectivity index (χ1) is 11.4. The molecular formula is C17H18O6S. The molecule has 2 aromatic rings. The van der Waals surface area contributed by atoms with Crippen LogP contribution in [0.3, 0.4) is 0 Å². The molecule has 0 amide bonds. The molecule has 0 atom stereocenters. The minimum absolute atomic E-state index is 0.0231. The predicted octanol–water partition coefficient (Wildman–Crippen LogP) is 2.87. The highest BCUT2D eigenvalue weighted by Crippen LogP contribution is 2.19. The molecule has 0 heterocycles. The van der Waals surface area contributed by atoms with E-state index in [0.29, 0.717) is 10.5 Å². The SMILES string of the molecule is Cc1ccccc1S(=O)(=O)CCCOOc1ccccc1C(=O)O. The Morgan fingerprint density at radius 2 is 1.75 bits per heavy atom. The van der Waals surface area contributed by atoms with E-state index >= 15 is 0 Å². The van der Waals surface area contributed by atoms with Crippen LogP contribution in [0.2, 0.25) is 0 Å². The molecule has 7 heteroatoms. The third-order valence-electron chi connectivity index (χ3n) is 3.34. The summed E-state index contributed by atoms with van der Waals surface area (Å²) in [5.74, 6) is -1.13. The Morgan fingerprint density at radius 1 is 1.08 bits per heavy atom. The van der Waals surface area contributed by atoms with Crippen molar-refractivity contribution in [3.05, 3.63) is 59.7 Å². The van der Waals surface area contributed by atoms with E-state index in [9.17, 15) is 13.2 Å². The van der Waals surface area contributed by atoms with Crippen LogP contribution < -0.4 is 4.89 Å². The van der Waals surface area contributed by atoms with Gasteiger partial charge in [-0.15, -0.1) is 0 Å². The zero-order valence-electron chi connectivity index (χ0n) is 13.1. The number of hydrogen-bond donors (Lipinski definition) is 1. The Bertz CT molecular complexity index is 813. The van der Waals surface area contributed by atoms with E-state index in [1.54, 1.807) is 43.3 Å². The molecule has 0 saturated carbocycles. The molecule has 0 aliphatic heterocycles. The van der Waals surface area contributed by atoms with Gasteiger partial charge in [-0.3, -0.25) is 0 Å². The zero-order chi connectivity index (χ0) is 17.6. The summed E-state index contributed by atoms with van der Waals surface area (Å²) >= 11 is 0. The van der Waals surface area contributed by atoms with E-state index in [1.807, 2.05) is 0 Å². The Morgan fingerprint density at radius 3 is 2.46 bits per heavy atom. The van der Waals surface area contributed by atoms with Crippen molar-refractivity contribution in [2.75, 3.05) is 12.4 Å². The summed E-state index contributed by atoms with van der Waals surface area (Å²) < 4.78 is 24.5. The number of aromatic carboxylic acids is 1. The fourth-order valence-electron chi connectivity index (χ4n) is 2.14. The molecule has 0 unspecified atom stereocenters.